The third kappa shape index (κ3) is 3.34. The van der Waals surface area contributed by atoms with E-state index in [1.807, 2.05) is 37.4 Å². The lowest BCUT2D eigenvalue weighted by molar-refractivity contribution is 0.472. The van der Waals surface area contributed by atoms with Crippen LogP contribution >= 0.6 is 15.9 Å². The maximum Gasteiger partial charge on any atom is 0.145 e. The van der Waals surface area contributed by atoms with Crippen molar-refractivity contribution >= 4 is 15.9 Å². The smallest absolute Gasteiger partial charge is 0.145 e. The van der Waals surface area contributed by atoms with Gasteiger partial charge in [-0.1, -0.05) is 34.1 Å². The number of nitrogens with zero attached hydrogens (tertiary/aromatic N) is 1. The standard InChI is InChI=1S/C15H13BrN2O/c1-18-10-11-4-2-3-5-14(11)19-15-7-6-13(16)8-12(15)9-17/h2-8,18H,10H2,1H3. The molecule has 0 unspecified atom stereocenters. The predicted molar refractivity (Wildman–Crippen MR) is 78.1 cm³/mol. The van der Waals surface area contributed by atoms with Crippen molar-refractivity contribution in [1.29, 1.82) is 5.26 Å². The Morgan fingerprint density at radius 2 is 2.00 bits per heavy atom. The van der Waals surface area contributed by atoms with Gasteiger partial charge in [-0.15, -0.1) is 0 Å². The number of hydrogen-bond acceptors (Lipinski definition) is 3. The molecule has 2 aromatic carbocycles. The van der Waals surface area contributed by atoms with Crippen LogP contribution in [0.1, 0.15) is 11.1 Å². The lowest BCUT2D eigenvalue weighted by atomic mass is 10.2. The van der Waals surface area contributed by atoms with Crippen LogP contribution in [-0.2, 0) is 6.54 Å². The maximum atomic E-state index is 9.13. The van der Waals surface area contributed by atoms with Crippen LogP contribution in [0.2, 0.25) is 0 Å². The summed E-state index contributed by atoms with van der Waals surface area (Å²) in [4.78, 5) is 0. The third-order valence-electron chi connectivity index (χ3n) is 2.62. The van der Waals surface area contributed by atoms with Gasteiger partial charge in [-0.05, 0) is 31.3 Å². The minimum atomic E-state index is 0.508. The van der Waals surface area contributed by atoms with Crippen LogP contribution < -0.4 is 10.1 Å². The zero-order chi connectivity index (χ0) is 13.7. The minimum Gasteiger partial charge on any atom is -0.456 e. The Morgan fingerprint density at radius 3 is 2.74 bits per heavy atom. The summed E-state index contributed by atoms with van der Waals surface area (Å²) in [6.07, 6.45) is 0. The highest BCUT2D eigenvalue weighted by molar-refractivity contribution is 9.10. The molecule has 2 rings (SSSR count). The molecule has 1 N–H and O–H groups in total. The predicted octanol–water partition coefficient (Wildman–Crippen LogP) is 3.83. The van der Waals surface area contributed by atoms with E-state index in [4.69, 9.17) is 10.00 Å². The van der Waals surface area contributed by atoms with Gasteiger partial charge in [-0.3, -0.25) is 0 Å². The van der Waals surface area contributed by atoms with Gasteiger partial charge in [0, 0.05) is 16.6 Å². The molecule has 0 saturated heterocycles. The van der Waals surface area contributed by atoms with E-state index in [0.29, 0.717) is 17.9 Å². The summed E-state index contributed by atoms with van der Waals surface area (Å²) in [7, 11) is 1.89. The Hall–Kier alpha value is -1.83. The van der Waals surface area contributed by atoms with Gasteiger partial charge in [0.05, 0.1) is 5.56 Å². The Kier molecular flexibility index (Phi) is 4.56. The summed E-state index contributed by atoms with van der Waals surface area (Å²) in [5.41, 5.74) is 1.56. The molecule has 3 nitrogen and oxygen atoms in total. The molecule has 0 aliphatic rings. The molecule has 4 heteroatoms. The molecular formula is C15H13BrN2O. The summed E-state index contributed by atoms with van der Waals surface area (Å²) in [6, 6.07) is 15.3. The fraction of sp³-hybridized carbons (Fsp3) is 0.133. The van der Waals surface area contributed by atoms with E-state index in [9.17, 15) is 0 Å². The van der Waals surface area contributed by atoms with Crippen LogP contribution in [0.5, 0.6) is 11.5 Å². The molecule has 0 radical (unpaired) electrons. The third-order valence-corrected chi connectivity index (χ3v) is 3.12. The molecule has 0 amide bonds. The lowest BCUT2D eigenvalue weighted by Crippen LogP contribution is -2.06. The summed E-state index contributed by atoms with van der Waals surface area (Å²) in [5, 5.41) is 12.2. The number of nitriles is 1. The fourth-order valence-corrected chi connectivity index (χ4v) is 2.10. The molecule has 0 atom stereocenters. The number of nitrogens with one attached hydrogen (secondary N) is 1. The van der Waals surface area contributed by atoms with Crippen molar-refractivity contribution in [3.63, 3.8) is 0 Å². The Labute approximate surface area is 121 Å². The molecule has 0 aromatic heterocycles. The average Bonchev–Trinajstić information content (AvgIpc) is 2.43. The van der Waals surface area contributed by atoms with Gasteiger partial charge in [-0.25, -0.2) is 0 Å². The van der Waals surface area contributed by atoms with Gasteiger partial charge < -0.3 is 10.1 Å². The molecule has 0 heterocycles. The number of para-hydroxylation sites is 1. The molecule has 0 saturated carbocycles. The second kappa shape index (κ2) is 6.37. The zero-order valence-electron chi connectivity index (χ0n) is 10.5. The molecule has 0 spiro atoms. The Balaban J connectivity index is 2.34. The normalized spacial score (nSPS) is 9.95. The lowest BCUT2D eigenvalue weighted by Gasteiger charge is -2.12. The second-order valence-corrected chi connectivity index (χ2v) is 4.91. The van der Waals surface area contributed by atoms with E-state index in [1.54, 1.807) is 12.1 Å². The van der Waals surface area contributed by atoms with E-state index in [-0.39, 0.29) is 0 Å². The number of ether oxygens (including phenoxy) is 1. The van der Waals surface area contributed by atoms with E-state index in [0.717, 1.165) is 15.8 Å². The average molecular weight is 317 g/mol. The first-order valence-corrected chi connectivity index (χ1v) is 6.64. The Morgan fingerprint density at radius 1 is 1.21 bits per heavy atom. The summed E-state index contributed by atoms with van der Waals surface area (Å²) >= 11 is 3.35. The van der Waals surface area contributed by atoms with Crippen LogP contribution in [0.15, 0.2) is 46.9 Å². The van der Waals surface area contributed by atoms with Gasteiger partial charge in [0.1, 0.15) is 17.6 Å². The molecule has 0 bridgehead atoms. The van der Waals surface area contributed by atoms with Gasteiger partial charge in [0.25, 0.3) is 0 Å². The first-order chi connectivity index (χ1) is 9.24. The minimum absolute atomic E-state index is 0.508. The molecular weight excluding hydrogens is 304 g/mol. The first-order valence-electron chi connectivity index (χ1n) is 5.84. The van der Waals surface area contributed by atoms with Crippen LogP contribution in [0.4, 0.5) is 0 Å². The van der Waals surface area contributed by atoms with Crippen LogP contribution in [0, 0.1) is 11.3 Å². The van der Waals surface area contributed by atoms with Gasteiger partial charge in [0.2, 0.25) is 0 Å². The van der Waals surface area contributed by atoms with Crippen molar-refractivity contribution in [3.8, 4) is 17.6 Å². The number of rotatable bonds is 4. The van der Waals surface area contributed by atoms with Gasteiger partial charge in [-0.2, -0.15) is 5.26 Å². The first kappa shape index (κ1) is 13.6. The van der Waals surface area contributed by atoms with Crippen molar-refractivity contribution in [3.05, 3.63) is 58.1 Å². The quantitative estimate of drug-likeness (QED) is 0.932. The highest BCUT2D eigenvalue weighted by Gasteiger charge is 2.08. The largest absolute Gasteiger partial charge is 0.456 e. The van der Waals surface area contributed by atoms with Crippen molar-refractivity contribution in [2.75, 3.05) is 7.05 Å². The molecule has 0 fully saturated rings. The van der Waals surface area contributed by atoms with Gasteiger partial charge in [0.15, 0.2) is 0 Å². The van der Waals surface area contributed by atoms with E-state index < -0.39 is 0 Å². The van der Waals surface area contributed by atoms with Crippen LogP contribution in [0.25, 0.3) is 0 Å². The monoisotopic (exact) mass is 316 g/mol. The van der Waals surface area contributed by atoms with Crippen molar-refractivity contribution in [2.24, 2.45) is 0 Å². The molecule has 0 aliphatic carbocycles. The van der Waals surface area contributed by atoms with E-state index >= 15 is 0 Å². The Bertz CT molecular complexity index is 620. The summed E-state index contributed by atoms with van der Waals surface area (Å²) < 4.78 is 6.72. The van der Waals surface area contributed by atoms with Crippen LogP contribution in [-0.4, -0.2) is 7.05 Å². The SMILES string of the molecule is CNCc1ccccc1Oc1ccc(Br)cc1C#N. The molecule has 2 aromatic rings. The number of halogens is 1. The van der Waals surface area contributed by atoms with Crippen LogP contribution in [0.3, 0.4) is 0 Å². The van der Waals surface area contributed by atoms with Crippen molar-refractivity contribution in [1.82, 2.24) is 5.32 Å². The van der Waals surface area contributed by atoms with E-state index in [2.05, 4.69) is 27.3 Å². The second-order valence-electron chi connectivity index (χ2n) is 3.99. The zero-order valence-corrected chi connectivity index (χ0v) is 12.1. The van der Waals surface area contributed by atoms with Gasteiger partial charge >= 0.3 is 0 Å². The maximum absolute atomic E-state index is 9.13. The fourth-order valence-electron chi connectivity index (χ4n) is 1.74. The summed E-state index contributed by atoms with van der Waals surface area (Å²) in [5.74, 6) is 1.32. The highest BCUT2D eigenvalue weighted by atomic mass is 79.9. The highest BCUT2D eigenvalue weighted by Crippen LogP contribution is 2.29. The summed E-state index contributed by atoms with van der Waals surface area (Å²) in [6.45, 7) is 0.717. The van der Waals surface area contributed by atoms with Crippen molar-refractivity contribution < 1.29 is 4.74 Å². The molecule has 96 valence electrons. The number of benzene rings is 2. The van der Waals surface area contributed by atoms with E-state index in [1.165, 1.54) is 0 Å². The van der Waals surface area contributed by atoms with Crippen molar-refractivity contribution in [2.45, 2.75) is 6.54 Å². The molecule has 0 aliphatic heterocycles. The topological polar surface area (TPSA) is 45.0 Å². The molecule has 19 heavy (non-hydrogen) atoms. The number of hydrogen-bond donors (Lipinski definition) is 1.